The lowest BCUT2D eigenvalue weighted by Gasteiger charge is -2.25. The number of nitrogens with one attached hydrogen (secondary N) is 1. The maximum atomic E-state index is 5.89. The fourth-order valence-electron chi connectivity index (χ4n) is 1.72. The van der Waals surface area contributed by atoms with Gasteiger partial charge in [-0.15, -0.1) is 0 Å². The molecule has 3 heteroatoms. The molecular formula is C10H13ClN2. The highest BCUT2D eigenvalue weighted by Gasteiger charge is 2.16. The predicted molar refractivity (Wildman–Crippen MR) is 54.8 cm³/mol. The van der Waals surface area contributed by atoms with E-state index in [1.807, 2.05) is 12.1 Å². The molecule has 13 heavy (non-hydrogen) atoms. The van der Waals surface area contributed by atoms with Gasteiger partial charge in [0.25, 0.3) is 0 Å². The molecule has 0 saturated carbocycles. The van der Waals surface area contributed by atoms with E-state index in [0.29, 0.717) is 12.6 Å². The third kappa shape index (κ3) is 1.85. The summed E-state index contributed by atoms with van der Waals surface area (Å²) in [7, 11) is 0. The molecule has 0 saturated heterocycles. The Balaban J connectivity index is 2.26. The van der Waals surface area contributed by atoms with Crippen LogP contribution in [0.25, 0.3) is 0 Å². The Bertz CT molecular complexity index is 312. The second-order valence-corrected chi connectivity index (χ2v) is 3.87. The van der Waals surface area contributed by atoms with Gasteiger partial charge in [0.05, 0.1) is 0 Å². The Kier molecular flexibility index (Phi) is 2.54. The quantitative estimate of drug-likeness (QED) is 0.711. The third-order valence-electron chi connectivity index (χ3n) is 2.50. The van der Waals surface area contributed by atoms with E-state index in [1.165, 1.54) is 11.1 Å². The zero-order valence-electron chi connectivity index (χ0n) is 7.39. The number of halogens is 1. The highest BCUT2D eigenvalue weighted by atomic mass is 35.5. The number of fused-ring (bicyclic) bond motifs is 1. The van der Waals surface area contributed by atoms with E-state index in [2.05, 4.69) is 11.4 Å². The average molecular weight is 197 g/mol. The minimum Gasteiger partial charge on any atom is -0.329 e. The van der Waals surface area contributed by atoms with Gasteiger partial charge in [-0.25, -0.2) is 0 Å². The fraction of sp³-hybridized carbons (Fsp3) is 0.400. The van der Waals surface area contributed by atoms with Crippen LogP contribution < -0.4 is 11.1 Å². The van der Waals surface area contributed by atoms with Crippen LogP contribution in [0.4, 0.5) is 0 Å². The summed E-state index contributed by atoms with van der Waals surface area (Å²) >= 11 is 5.89. The molecule has 1 atom stereocenters. The van der Waals surface area contributed by atoms with Crippen molar-refractivity contribution in [3.8, 4) is 0 Å². The standard InChI is InChI=1S/C10H13ClN2/c11-9-2-1-7-4-10(5-12)13-6-8(7)3-9/h1-3,10,13H,4-6,12H2. The third-order valence-corrected chi connectivity index (χ3v) is 2.74. The maximum Gasteiger partial charge on any atom is 0.0409 e. The van der Waals surface area contributed by atoms with Gasteiger partial charge in [-0.2, -0.15) is 0 Å². The molecule has 1 unspecified atom stereocenters. The first kappa shape index (κ1) is 9.00. The molecule has 1 heterocycles. The largest absolute Gasteiger partial charge is 0.329 e. The maximum absolute atomic E-state index is 5.89. The molecule has 0 bridgehead atoms. The van der Waals surface area contributed by atoms with Crippen molar-refractivity contribution in [3.05, 3.63) is 34.3 Å². The molecule has 1 aromatic carbocycles. The van der Waals surface area contributed by atoms with Crippen LogP contribution in [0.3, 0.4) is 0 Å². The van der Waals surface area contributed by atoms with E-state index in [-0.39, 0.29) is 0 Å². The Hall–Kier alpha value is -0.570. The van der Waals surface area contributed by atoms with Crippen molar-refractivity contribution in [3.63, 3.8) is 0 Å². The smallest absolute Gasteiger partial charge is 0.0409 e. The number of nitrogens with two attached hydrogens (primary N) is 1. The number of hydrogen-bond acceptors (Lipinski definition) is 2. The average Bonchev–Trinajstić information content (AvgIpc) is 2.17. The van der Waals surface area contributed by atoms with E-state index in [1.54, 1.807) is 0 Å². The van der Waals surface area contributed by atoms with Gasteiger partial charge < -0.3 is 11.1 Å². The van der Waals surface area contributed by atoms with Gasteiger partial charge in [-0.05, 0) is 29.7 Å². The molecular weight excluding hydrogens is 184 g/mol. The Labute approximate surface area is 83.1 Å². The Morgan fingerprint density at radius 1 is 1.46 bits per heavy atom. The van der Waals surface area contributed by atoms with Crippen LogP contribution in [-0.2, 0) is 13.0 Å². The summed E-state index contributed by atoms with van der Waals surface area (Å²) < 4.78 is 0. The summed E-state index contributed by atoms with van der Waals surface area (Å²) in [5.41, 5.74) is 8.28. The first-order valence-corrected chi connectivity index (χ1v) is 4.88. The first-order chi connectivity index (χ1) is 6.29. The zero-order valence-corrected chi connectivity index (χ0v) is 8.14. The second kappa shape index (κ2) is 3.66. The summed E-state index contributed by atoms with van der Waals surface area (Å²) in [6, 6.07) is 6.49. The van der Waals surface area contributed by atoms with Crippen molar-refractivity contribution in [1.82, 2.24) is 5.32 Å². The van der Waals surface area contributed by atoms with Crippen molar-refractivity contribution in [2.75, 3.05) is 6.54 Å². The molecule has 0 spiro atoms. The second-order valence-electron chi connectivity index (χ2n) is 3.43. The molecule has 0 amide bonds. The van der Waals surface area contributed by atoms with Gasteiger partial charge in [0, 0.05) is 24.2 Å². The summed E-state index contributed by atoms with van der Waals surface area (Å²) in [6.07, 6.45) is 1.02. The van der Waals surface area contributed by atoms with Gasteiger partial charge >= 0.3 is 0 Å². The van der Waals surface area contributed by atoms with E-state index in [0.717, 1.165) is 18.0 Å². The van der Waals surface area contributed by atoms with Crippen molar-refractivity contribution in [2.24, 2.45) is 5.73 Å². The topological polar surface area (TPSA) is 38.0 Å². The summed E-state index contributed by atoms with van der Waals surface area (Å²) in [5.74, 6) is 0. The lowest BCUT2D eigenvalue weighted by Crippen LogP contribution is -2.40. The number of hydrogen-bond donors (Lipinski definition) is 2. The van der Waals surface area contributed by atoms with Crippen LogP contribution in [0.1, 0.15) is 11.1 Å². The number of benzene rings is 1. The van der Waals surface area contributed by atoms with Gasteiger partial charge in [0.2, 0.25) is 0 Å². The van der Waals surface area contributed by atoms with Crippen molar-refractivity contribution < 1.29 is 0 Å². The van der Waals surface area contributed by atoms with Crippen LogP contribution >= 0.6 is 11.6 Å². The molecule has 1 aliphatic heterocycles. The molecule has 1 aliphatic rings. The van der Waals surface area contributed by atoms with Crippen LogP contribution in [-0.4, -0.2) is 12.6 Å². The molecule has 0 radical (unpaired) electrons. The van der Waals surface area contributed by atoms with Crippen LogP contribution in [0.5, 0.6) is 0 Å². The molecule has 2 rings (SSSR count). The highest BCUT2D eigenvalue weighted by molar-refractivity contribution is 6.30. The van der Waals surface area contributed by atoms with E-state index >= 15 is 0 Å². The molecule has 0 aliphatic carbocycles. The zero-order chi connectivity index (χ0) is 9.26. The summed E-state index contributed by atoms with van der Waals surface area (Å²) in [6.45, 7) is 1.58. The van der Waals surface area contributed by atoms with Crippen molar-refractivity contribution >= 4 is 11.6 Å². The lowest BCUT2D eigenvalue weighted by molar-refractivity contribution is 0.487. The van der Waals surface area contributed by atoms with Gasteiger partial charge in [0.1, 0.15) is 0 Å². The lowest BCUT2D eigenvalue weighted by atomic mass is 9.96. The fourth-order valence-corrected chi connectivity index (χ4v) is 1.91. The Morgan fingerprint density at radius 2 is 2.31 bits per heavy atom. The number of rotatable bonds is 1. The molecule has 1 aromatic rings. The van der Waals surface area contributed by atoms with Gasteiger partial charge in [0.15, 0.2) is 0 Å². The van der Waals surface area contributed by atoms with Gasteiger partial charge in [-0.1, -0.05) is 17.7 Å². The normalized spacial score (nSPS) is 21.2. The first-order valence-electron chi connectivity index (χ1n) is 4.50. The molecule has 0 fully saturated rings. The molecule has 0 aromatic heterocycles. The predicted octanol–water partition coefficient (Wildman–Crippen LogP) is 1.31. The molecule has 3 N–H and O–H groups in total. The minimum absolute atomic E-state index is 0.425. The van der Waals surface area contributed by atoms with Gasteiger partial charge in [-0.3, -0.25) is 0 Å². The SMILES string of the molecule is NCC1Cc2ccc(Cl)cc2CN1. The summed E-state index contributed by atoms with van der Waals surface area (Å²) in [4.78, 5) is 0. The minimum atomic E-state index is 0.425. The van der Waals surface area contributed by atoms with Crippen molar-refractivity contribution in [2.45, 2.75) is 19.0 Å². The van der Waals surface area contributed by atoms with Crippen molar-refractivity contribution in [1.29, 1.82) is 0 Å². The monoisotopic (exact) mass is 196 g/mol. The molecule has 70 valence electrons. The van der Waals surface area contributed by atoms with E-state index < -0.39 is 0 Å². The van der Waals surface area contributed by atoms with E-state index in [4.69, 9.17) is 17.3 Å². The van der Waals surface area contributed by atoms with Crippen LogP contribution in [0, 0.1) is 0 Å². The highest BCUT2D eigenvalue weighted by Crippen LogP contribution is 2.20. The summed E-state index contributed by atoms with van der Waals surface area (Å²) in [5, 5.41) is 4.18. The van der Waals surface area contributed by atoms with Crippen LogP contribution in [0.15, 0.2) is 18.2 Å². The van der Waals surface area contributed by atoms with Crippen LogP contribution in [0.2, 0.25) is 5.02 Å². The van der Waals surface area contributed by atoms with E-state index in [9.17, 15) is 0 Å². The Morgan fingerprint density at radius 3 is 3.08 bits per heavy atom. The molecule has 2 nitrogen and oxygen atoms in total.